The molecule has 0 saturated carbocycles. The lowest BCUT2D eigenvalue weighted by Crippen LogP contribution is -2.19. The topological polar surface area (TPSA) is 35.2 Å². The van der Waals surface area contributed by atoms with Gasteiger partial charge in [0.2, 0.25) is 0 Å². The zero-order valence-electron chi connectivity index (χ0n) is 10.3. The summed E-state index contributed by atoms with van der Waals surface area (Å²) in [7, 11) is 0. The molecule has 2 aromatic carbocycles. The quantitative estimate of drug-likeness (QED) is 0.897. The summed E-state index contributed by atoms with van der Waals surface area (Å²) in [6.45, 7) is 2.39. The van der Waals surface area contributed by atoms with Gasteiger partial charge in [-0.05, 0) is 42.3 Å². The minimum absolute atomic E-state index is 0.184. The fraction of sp³-hybridized carbons (Fsp3) is 0.200. The average molecular weight is 245 g/mol. The number of rotatable bonds is 4. The molecule has 0 radical (unpaired) electrons. The van der Waals surface area contributed by atoms with Crippen LogP contribution in [0.15, 0.2) is 48.5 Å². The third kappa shape index (κ3) is 3.08. The third-order valence-electron chi connectivity index (χ3n) is 2.83. The number of nitrogens with two attached hydrogens (primary N) is 1. The molecule has 3 heteroatoms. The van der Waals surface area contributed by atoms with Crippen molar-refractivity contribution in [2.75, 3.05) is 6.61 Å². The molecule has 0 aliphatic carbocycles. The molecule has 0 spiro atoms. The number of hydrogen-bond donors (Lipinski definition) is 1. The zero-order valence-corrected chi connectivity index (χ0v) is 10.3. The van der Waals surface area contributed by atoms with Gasteiger partial charge in [-0.15, -0.1) is 0 Å². The van der Waals surface area contributed by atoms with E-state index in [2.05, 4.69) is 0 Å². The van der Waals surface area contributed by atoms with Crippen molar-refractivity contribution in [2.24, 2.45) is 5.73 Å². The zero-order chi connectivity index (χ0) is 13.0. The Morgan fingerprint density at radius 3 is 2.44 bits per heavy atom. The van der Waals surface area contributed by atoms with Crippen LogP contribution in [0.1, 0.15) is 17.2 Å². The van der Waals surface area contributed by atoms with Crippen LogP contribution in [0.5, 0.6) is 5.75 Å². The first-order chi connectivity index (χ1) is 8.66. The van der Waals surface area contributed by atoms with Gasteiger partial charge in [-0.25, -0.2) is 4.39 Å². The lowest BCUT2D eigenvalue weighted by atomic mass is 10.0. The van der Waals surface area contributed by atoms with Gasteiger partial charge in [0.1, 0.15) is 18.2 Å². The van der Waals surface area contributed by atoms with Crippen LogP contribution in [-0.2, 0) is 0 Å². The van der Waals surface area contributed by atoms with Gasteiger partial charge in [-0.1, -0.05) is 24.3 Å². The van der Waals surface area contributed by atoms with Crippen LogP contribution in [0.2, 0.25) is 0 Å². The molecule has 1 unspecified atom stereocenters. The lowest BCUT2D eigenvalue weighted by molar-refractivity contribution is 0.290. The molecule has 0 aliphatic heterocycles. The molecule has 2 aromatic rings. The van der Waals surface area contributed by atoms with Crippen molar-refractivity contribution in [1.82, 2.24) is 0 Å². The molecule has 0 heterocycles. The Hall–Kier alpha value is -1.87. The van der Waals surface area contributed by atoms with Gasteiger partial charge in [0.15, 0.2) is 0 Å². The first-order valence-corrected chi connectivity index (χ1v) is 5.86. The molecule has 0 fully saturated rings. The fourth-order valence-corrected chi connectivity index (χ4v) is 1.81. The lowest BCUT2D eigenvalue weighted by Gasteiger charge is -2.15. The molecular weight excluding hydrogens is 229 g/mol. The summed E-state index contributed by atoms with van der Waals surface area (Å²) in [6, 6.07) is 13.7. The van der Waals surface area contributed by atoms with Crippen molar-refractivity contribution in [2.45, 2.75) is 13.0 Å². The highest BCUT2D eigenvalue weighted by molar-refractivity contribution is 5.29. The summed E-state index contributed by atoms with van der Waals surface area (Å²) in [5.74, 6) is 0.353. The maximum Gasteiger partial charge on any atom is 0.123 e. The van der Waals surface area contributed by atoms with Gasteiger partial charge < -0.3 is 10.5 Å². The van der Waals surface area contributed by atoms with Crippen LogP contribution in [0.25, 0.3) is 0 Å². The molecule has 0 amide bonds. The van der Waals surface area contributed by atoms with E-state index in [0.29, 0.717) is 12.4 Å². The molecule has 2 nitrogen and oxygen atoms in total. The minimum atomic E-state index is -0.273. The molecule has 0 aliphatic rings. The van der Waals surface area contributed by atoms with Crippen molar-refractivity contribution in [3.05, 3.63) is 65.5 Å². The summed E-state index contributed by atoms with van der Waals surface area (Å²) >= 11 is 0. The number of hydrogen-bond acceptors (Lipinski definition) is 2. The fourth-order valence-electron chi connectivity index (χ4n) is 1.81. The van der Waals surface area contributed by atoms with E-state index in [1.807, 2.05) is 31.2 Å². The second kappa shape index (κ2) is 5.65. The second-order valence-electron chi connectivity index (χ2n) is 4.23. The Balaban J connectivity index is 1.98. The SMILES string of the molecule is Cc1ccccc1C(N)COc1ccc(F)cc1. The van der Waals surface area contributed by atoms with E-state index in [1.165, 1.54) is 12.1 Å². The summed E-state index contributed by atoms with van der Waals surface area (Å²) in [4.78, 5) is 0. The van der Waals surface area contributed by atoms with E-state index in [1.54, 1.807) is 12.1 Å². The maximum atomic E-state index is 12.7. The van der Waals surface area contributed by atoms with Gasteiger partial charge in [0, 0.05) is 0 Å². The Morgan fingerprint density at radius 2 is 1.78 bits per heavy atom. The van der Waals surface area contributed by atoms with Gasteiger partial charge in [0.05, 0.1) is 6.04 Å². The molecule has 94 valence electrons. The normalized spacial score (nSPS) is 12.2. The van der Waals surface area contributed by atoms with Crippen molar-refractivity contribution in [3.8, 4) is 5.75 Å². The van der Waals surface area contributed by atoms with Gasteiger partial charge >= 0.3 is 0 Å². The maximum absolute atomic E-state index is 12.7. The molecular formula is C15H16FNO. The summed E-state index contributed by atoms with van der Waals surface area (Å²) < 4.78 is 18.3. The van der Waals surface area contributed by atoms with E-state index in [4.69, 9.17) is 10.5 Å². The smallest absolute Gasteiger partial charge is 0.123 e. The first kappa shape index (κ1) is 12.6. The minimum Gasteiger partial charge on any atom is -0.492 e. The highest BCUT2D eigenvalue weighted by atomic mass is 19.1. The average Bonchev–Trinajstić information content (AvgIpc) is 2.38. The standard InChI is InChI=1S/C15H16FNO/c1-11-4-2-3-5-14(11)15(17)10-18-13-8-6-12(16)7-9-13/h2-9,15H,10,17H2,1H3. The Morgan fingerprint density at radius 1 is 1.11 bits per heavy atom. The van der Waals surface area contributed by atoms with Crippen LogP contribution in [0.3, 0.4) is 0 Å². The van der Waals surface area contributed by atoms with Crippen LogP contribution < -0.4 is 10.5 Å². The molecule has 2 rings (SSSR count). The van der Waals surface area contributed by atoms with Crippen molar-refractivity contribution in [1.29, 1.82) is 0 Å². The van der Waals surface area contributed by atoms with E-state index in [0.717, 1.165) is 11.1 Å². The van der Waals surface area contributed by atoms with Gasteiger partial charge in [0.25, 0.3) is 0 Å². The Kier molecular flexibility index (Phi) is 3.95. The van der Waals surface area contributed by atoms with E-state index < -0.39 is 0 Å². The van der Waals surface area contributed by atoms with Gasteiger partial charge in [-0.3, -0.25) is 0 Å². The number of benzene rings is 2. The van der Waals surface area contributed by atoms with Crippen LogP contribution in [0, 0.1) is 12.7 Å². The molecule has 1 atom stereocenters. The molecule has 2 N–H and O–H groups in total. The van der Waals surface area contributed by atoms with Crippen LogP contribution in [0.4, 0.5) is 4.39 Å². The van der Waals surface area contributed by atoms with E-state index in [-0.39, 0.29) is 11.9 Å². The predicted molar refractivity (Wildman–Crippen MR) is 70.0 cm³/mol. The number of aryl methyl sites for hydroxylation is 1. The third-order valence-corrected chi connectivity index (χ3v) is 2.83. The number of halogens is 1. The van der Waals surface area contributed by atoms with Crippen molar-refractivity contribution < 1.29 is 9.13 Å². The van der Waals surface area contributed by atoms with Crippen LogP contribution >= 0.6 is 0 Å². The second-order valence-corrected chi connectivity index (χ2v) is 4.23. The molecule has 0 bridgehead atoms. The van der Waals surface area contributed by atoms with Crippen molar-refractivity contribution >= 4 is 0 Å². The van der Waals surface area contributed by atoms with E-state index >= 15 is 0 Å². The summed E-state index contributed by atoms with van der Waals surface area (Å²) in [5.41, 5.74) is 8.29. The number of ether oxygens (including phenoxy) is 1. The predicted octanol–water partition coefficient (Wildman–Crippen LogP) is 3.21. The summed E-state index contributed by atoms with van der Waals surface area (Å²) in [5, 5.41) is 0. The Bertz CT molecular complexity index is 510. The first-order valence-electron chi connectivity index (χ1n) is 5.86. The van der Waals surface area contributed by atoms with Gasteiger partial charge in [-0.2, -0.15) is 0 Å². The van der Waals surface area contributed by atoms with Crippen molar-refractivity contribution in [3.63, 3.8) is 0 Å². The highest BCUT2D eigenvalue weighted by Crippen LogP contribution is 2.17. The molecule has 0 aromatic heterocycles. The molecule has 0 saturated heterocycles. The monoisotopic (exact) mass is 245 g/mol. The largest absolute Gasteiger partial charge is 0.492 e. The summed E-state index contributed by atoms with van der Waals surface area (Å²) in [6.07, 6.45) is 0. The highest BCUT2D eigenvalue weighted by Gasteiger charge is 2.09. The van der Waals surface area contributed by atoms with Crippen LogP contribution in [-0.4, -0.2) is 6.61 Å². The molecule has 18 heavy (non-hydrogen) atoms. The van der Waals surface area contributed by atoms with E-state index in [9.17, 15) is 4.39 Å². The Labute approximate surface area is 106 Å².